The zero-order valence-corrected chi connectivity index (χ0v) is 19.2. The van der Waals surface area contributed by atoms with Crippen molar-refractivity contribution in [3.05, 3.63) is 106 Å². The number of hydrogen-bond donors (Lipinski definition) is 2. The van der Waals surface area contributed by atoms with Crippen LogP contribution < -0.4 is 5.32 Å². The SMILES string of the molecule is O=C(N[C@@H](CSC(c1ccc(Cl)cc1)c1ccc(Cl)cc1)C(=O)O)OCc1ccccc1. The van der Waals surface area contributed by atoms with Crippen LogP contribution in [0.1, 0.15) is 21.9 Å². The summed E-state index contributed by atoms with van der Waals surface area (Å²) in [6.45, 7) is 0.0599. The standard InChI is InChI=1S/C24H21Cl2NO4S/c25-19-10-6-17(7-11-19)22(18-8-12-20(26)13-9-18)32-15-21(23(28)29)27-24(30)31-14-16-4-2-1-3-5-16/h1-13,21-22H,14-15H2,(H,27,30)(H,28,29)/t21-/m0/s1. The maximum Gasteiger partial charge on any atom is 0.408 e. The molecule has 1 atom stereocenters. The highest BCUT2D eigenvalue weighted by Crippen LogP contribution is 2.37. The number of carbonyl (C=O) groups excluding carboxylic acids is 1. The Bertz CT molecular complexity index is 985. The fourth-order valence-electron chi connectivity index (χ4n) is 2.93. The molecule has 8 heteroatoms. The van der Waals surface area contributed by atoms with Crippen LogP contribution in [0, 0.1) is 0 Å². The van der Waals surface area contributed by atoms with Gasteiger partial charge < -0.3 is 15.2 Å². The first-order valence-electron chi connectivity index (χ1n) is 9.75. The molecule has 0 fully saturated rings. The Morgan fingerprint density at radius 1 is 0.875 bits per heavy atom. The number of hydrogen-bond acceptors (Lipinski definition) is 4. The number of ether oxygens (including phenoxy) is 1. The molecule has 0 unspecified atom stereocenters. The van der Waals surface area contributed by atoms with Gasteiger partial charge in [-0.25, -0.2) is 9.59 Å². The quantitative estimate of drug-likeness (QED) is 0.374. The Labute approximate surface area is 200 Å². The summed E-state index contributed by atoms with van der Waals surface area (Å²) in [5.41, 5.74) is 2.73. The predicted molar refractivity (Wildman–Crippen MR) is 128 cm³/mol. The number of carbonyl (C=O) groups is 2. The predicted octanol–water partition coefficient (Wildman–Crippen LogP) is 6.20. The molecule has 2 N–H and O–H groups in total. The molecule has 0 aliphatic carbocycles. The topological polar surface area (TPSA) is 75.6 Å². The second-order valence-electron chi connectivity index (χ2n) is 6.91. The van der Waals surface area contributed by atoms with E-state index in [1.54, 1.807) is 24.3 Å². The van der Waals surface area contributed by atoms with Crippen LogP contribution >= 0.6 is 35.0 Å². The lowest BCUT2D eigenvalue weighted by atomic mass is 10.0. The Morgan fingerprint density at radius 3 is 1.91 bits per heavy atom. The van der Waals surface area contributed by atoms with E-state index in [1.165, 1.54) is 11.8 Å². The molecule has 0 aromatic heterocycles. The van der Waals surface area contributed by atoms with Crippen LogP contribution in [0.4, 0.5) is 4.79 Å². The number of nitrogens with one attached hydrogen (secondary N) is 1. The van der Waals surface area contributed by atoms with Gasteiger partial charge in [-0.15, -0.1) is 11.8 Å². The minimum Gasteiger partial charge on any atom is -0.480 e. The molecule has 0 spiro atoms. The summed E-state index contributed by atoms with van der Waals surface area (Å²) >= 11 is 13.4. The molecular formula is C24H21Cl2NO4S. The van der Waals surface area contributed by atoms with Gasteiger partial charge in [-0.05, 0) is 41.0 Å². The maximum absolute atomic E-state index is 12.2. The van der Waals surface area contributed by atoms with E-state index in [9.17, 15) is 14.7 Å². The third kappa shape index (κ3) is 7.19. The second-order valence-corrected chi connectivity index (χ2v) is 8.92. The highest BCUT2D eigenvalue weighted by Gasteiger charge is 2.24. The Morgan fingerprint density at radius 2 is 1.41 bits per heavy atom. The van der Waals surface area contributed by atoms with Crippen LogP contribution in [0.3, 0.4) is 0 Å². The molecule has 3 rings (SSSR count). The van der Waals surface area contributed by atoms with E-state index < -0.39 is 18.1 Å². The van der Waals surface area contributed by atoms with Crippen LogP contribution in [0.2, 0.25) is 10.0 Å². The van der Waals surface area contributed by atoms with E-state index in [1.807, 2.05) is 54.6 Å². The Balaban J connectivity index is 1.67. The number of amides is 1. The second kappa shape index (κ2) is 11.8. The van der Waals surface area contributed by atoms with Gasteiger partial charge in [0.25, 0.3) is 0 Å². The average Bonchev–Trinajstić information content (AvgIpc) is 2.79. The lowest BCUT2D eigenvalue weighted by molar-refractivity contribution is -0.138. The number of rotatable bonds is 9. The van der Waals surface area contributed by atoms with Crippen LogP contribution in [-0.2, 0) is 16.1 Å². The van der Waals surface area contributed by atoms with Crippen molar-refractivity contribution >= 4 is 47.0 Å². The van der Waals surface area contributed by atoms with E-state index in [-0.39, 0.29) is 17.6 Å². The van der Waals surface area contributed by atoms with Crippen molar-refractivity contribution in [1.82, 2.24) is 5.32 Å². The van der Waals surface area contributed by atoms with E-state index >= 15 is 0 Å². The molecular weight excluding hydrogens is 469 g/mol. The number of benzene rings is 3. The summed E-state index contributed by atoms with van der Waals surface area (Å²) in [5.74, 6) is -1.01. The minimum absolute atomic E-state index is 0.0599. The minimum atomic E-state index is -1.14. The van der Waals surface area contributed by atoms with Gasteiger partial charge in [0.15, 0.2) is 0 Å². The average molecular weight is 490 g/mol. The van der Waals surface area contributed by atoms with Crippen molar-refractivity contribution in [2.24, 2.45) is 0 Å². The fourth-order valence-corrected chi connectivity index (χ4v) is 4.50. The first kappa shape index (κ1) is 24.0. The van der Waals surface area contributed by atoms with Crippen molar-refractivity contribution in [3.63, 3.8) is 0 Å². The summed E-state index contributed by atoms with van der Waals surface area (Å²) in [7, 11) is 0. The van der Waals surface area contributed by atoms with E-state index in [4.69, 9.17) is 27.9 Å². The fraction of sp³-hybridized carbons (Fsp3) is 0.167. The van der Waals surface area contributed by atoms with Gasteiger partial charge in [0.1, 0.15) is 12.6 Å². The first-order chi connectivity index (χ1) is 15.4. The summed E-state index contributed by atoms with van der Waals surface area (Å²) < 4.78 is 5.16. The molecule has 0 radical (unpaired) electrons. The molecule has 3 aromatic carbocycles. The van der Waals surface area contributed by atoms with Gasteiger partial charge in [0, 0.05) is 15.8 Å². The summed E-state index contributed by atoms with van der Waals surface area (Å²) in [6.07, 6.45) is -0.781. The van der Waals surface area contributed by atoms with Crippen LogP contribution in [0.15, 0.2) is 78.9 Å². The molecule has 0 saturated heterocycles. The summed E-state index contributed by atoms with van der Waals surface area (Å²) in [6, 6.07) is 22.8. The zero-order chi connectivity index (χ0) is 22.9. The highest BCUT2D eigenvalue weighted by molar-refractivity contribution is 7.99. The number of carboxylic acids is 1. The van der Waals surface area contributed by atoms with E-state index in [0.717, 1.165) is 16.7 Å². The molecule has 0 heterocycles. The molecule has 0 bridgehead atoms. The van der Waals surface area contributed by atoms with Gasteiger partial charge >= 0.3 is 12.1 Å². The summed E-state index contributed by atoms with van der Waals surface area (Å²) in [4.78, 5) is 23.9. The number of halogens is 2. The molecule has 5 nitrogen and oxygen atoms in total. The van der Waals surface area contributed by atoms with Crippen LogP contribution in [0.5, 0.6) is 0 Å². The highest BCUT2D eigenvalue weighted by atomic mass is 35.5. The molecule has 166 valence electrons. The molecule has 1 amide bonds. The lowest BCUT2D eigenvalue weighted by Crippen LogP contribution is -2.43. The smallest absolute Gasteiger partial charge is 0.408 e. The number of alkyl carbamates (subject to hydrolysis) is 1. The normalized spacial score (nSPS) is 11.7. The van der Waals surface area contributed by atoms with Crippen molar-refractivity contribution in [3.8, 4) is 0 Å². The number of thioether (sulfide) groups is 1. The zero-order valence-electron chi connectivity index (χ0n) is 16.9. The molecule has 32 heavy (non-hydrogen) atoms. The van der Waals surface area contributed by atoms with Gasteiger partial charge in [-0.2, -0.15) is 0 Å². The van der Waals surface area contributed by atoms with Crippen molar-refractivity contribution in [2.45, 2.75) is 17.9 Å². The maximum atomic E-state index is 12.2. The largest absolute Gasteiger partial charge is 0.480 e. The van der Waals surface area contributed by atoms with Crippen molar-refractivity contribution < 1.29 is 19.4 Å². The summed E-state index contributed by atoms with van der Waals surface area (Å²) in [5, 5.41) is 13.1. The number of carboxylic acid groups (broad SMARTS) is 1. The monoisotopic (exact) mass is 489 g/mol. The molecule has 0 saturated carbocycles. The van der Waals surface area contributed by atoms with Crippen molar-refractivity contribution in [1.29, 1.82) is 0 Å². The van der Waals surface area contributed by atoms with Crippen molar-refractivity contribution in [2.75, 3.05) is 5.75 Å². The Hall–Kier alpha value is -2.67. The lowest BCUT2D eigenvalue weighted by Gasteiger charge is -2.21. The third-order valence-electron chi connectivity index (χ3n) is 4.58. The van der Waals surface area contributed by atoms with Gasteiger partial charge in [0.05, 0.1) is 5.25 Å². The Kier molecular flexibility index (Phi) is 8.85. The molecule has 0 aliphatic heterocycles. The third-order valence-corrected chi connectivity index (χ3v) is 6.49. The van der Waals surface area contributed by atoms with E-state index in [0.29, 0.717) is 10.0 Å². The first-order valence-corrected chi connectivity index (χ1v) is 11.6. The van der Waals surface area contributed by atoms with Gasteiger partial charge in [0.2, 0.25) is 0 Å². The van der Waals surface area contributed by atoms with Crippen LogP contribution in [0.25, 0.3) is 0 Å². The van der Waals surface area contributed by atoms with Gasteiger partial charge in [-0.3, -0.25) is 0 Å². The van der Waals surface area contributed by atoms with Crippen LogP contribution in [-0.4, -0.2) is 29.0 Å². The number of aliphatic carboxylic acids is 1. The molecule has 3 aromatic rings. The van der Waals surface area contributed by atoms with Gasteiger partial charge in [-0.1, -0.05) is 77.8 Å². The van der Waals surface area contributed by atoms with E-state index in [2.05, 4.69) is 5.32 Å². The molecule has 0 aliphatic rings.